The van der Waals surface area contributed by atoms with Gasteiger partial charge in [0.05, 0.1) is 5.25 Å². The van der Waals surface area contributed by atoms with Gasteiger partial charge in [-0.2, -0.15) is 0 Å². The van der Waals surface area contributed by atoms with Gasteiger partial charge >= 0.3 is 0 Å². The number of nitrogens with zero attached hydrogens (tertiary/aromatic N) is 2. The van der Waals surface area contributed by atoms with E-state index in [0.29, 0.717) is 29.6 Å². The lowest BCUT2D eigenvalue weighted by Gasteiger charge is -2.21. The molecule has 0 radical (unpaired) electrons. The van der Waals surface area contributed by atoms with Crippen LogP contribution in [0.15, 0.2) is 27.8 Å². The zero-order chi connectivity index (χ0) is 14.7. The Morgan fingerprint density at radius 3 is 2.80 bits per heavy atom. The third-order valence-corrected chi connectivity index (χ3v) is 4.02. The number of amides is 1. The summed E-state index contributed by atoms with van der Waals surface area (Å²) in [4.78, 5) is 18.4. The van der Waals surface area contributed by atoms with Crippen molar-refractivity contribution in [2.75, 3.05) is 18.8 Å². The fourth-order valence-corrected chi connectivity index (χ4v) is 2.81. The number of carbonyl (C=O) groups is 1. The van der Waals surface area contributed by atoms with E-state index in [2.05, 4.69) is 4.98 Å². The summed E-state index contributed by atoms with van der Waals surface area (Å²) < 4.78 is 5.62. The summed E-state index contributed by atoms with van der Waals surface area (Å²) in [5.74, 6) is 0.0989. The van der Waals surface area contributed by atoms with Crippen LogP contribution in [0.1, 0.15) is 20.8 Å². The highest BCUT2D eigenvalue weighted by molar-refractivity contribution is 8.00. The van der Waals surface area contributed by atoms with Gasteiger partial charge in [-0.05, 0) is 39.0 Å². The minimum Gasteiger partial charge on any atom is -0.431 e. The molecule has 20 heavy (non-hydrogen) atoms. The standard InChI is InChI=1S/C14H19N3O2S/c1-4-17(5-2)13(18)9(3)20-14-16-11-8-10(15)6-7-12(11)19-14/h6-9H,4-5,15H2,1-3H3. The molecular weight excluding hydrogens is 274 g/mol. The van der Waals surface area contributed by atoms with E-state index in [0.717, 1.165) is 5.52 Å². The van der Waals surface area contributed by atoms with Gasteiger partial charge in [0.15, 0.2) is 5.58 Å². The highest BCUT2D eigenvalue weighted by Gasteiger charge is 2.21. The van der Waals surface area contributed by atoms with Gasteiger partial charge in [0.25, 0.3) is 5.22 Å². The minimum atomic E-state index is -0.222. The van der Waals surface area contributed by atoms with E-state index >= 15 is 0 Å². The summed E-state index contributed by atoms with van der Waals surface area (Å²) in [6, 6.07) is 5.32. The van der Waals surface area contributed by atoms with Gasteiger partial charge in [-0.25, -0.2) is 4.98 Å². The van der Waals surface area contributed by atoms with E-state index in [1.807, 2.05) is 20.8 Å². The molecule has 2 rings (SSSR count). The van der Waals surface area contributed by atoms with Crippen LogP contribution in [0.25, 0.3) is 11.1 Å². The number of rotatable bonds is 5. The number of hydrogen-bond acceptors (Lipinski definition) is 5. The molecule has 5 nitrogen and oxygen atoms in total. The number of benzene rings is 1. The molecule has 0 saturated carbocycles. The Bertz CT molecular complexity index is 607. The van der Waals surface area contributed by atoms with Crippen LogP contribution in [0.4, 0.5) is 5.69 Å². The summed E-state index contributed by atoms with van der Waals surface area (Å²) in [7, 11) is 0. The highest BCUT2D eigenvalue weighted by atomic mass is 32.2. The Hall–Kier alpha value is -1.69. The highest BCUT2D eigenvalue weighted by Crippen LogP contribution is 2.28. The van der Waals surface area contributed by atoms with Crippen LogP contribution < -0.4 is 5.73 Å². The largest absolute Gasteiger partial charge is 0.431 e. The lowest BCUT2D eigenvalue weighted by Crippen LogP contribution is -2.36. The fraction of sp³-hybridized carbons (Fsp3) is 0.429. The quantitative estimate of drug-likeness (QED) is 0.678. The van der Waals surface area contributed by atoms with Gasteiger partial charge in [0.2, 0.25) is 5.91 Å². The van der Waals surface area contributed by atoms with Crippen molar-refractivity contribution in [1.82, 2.24) is 9.88 Å². The molecule has 2 aromatic rings. The number of hydrogen-bond donors (Lipinski definition) is 1. The van der Waals surface area contributed by atoms with Crippen LogP contribution >= 0.6 is 11.8 Å². The SMILES string of the molecule is CCN(CC)C(=O)C(C)Sc1nc2cc(N)ccc2o1. The van der Waals surface area contributed by atoms with E-state index in [1.54, 1.807) is 23.1 Å². The number of nitrogens with two attached hydrogens (primary N) is 1. The molecular formula is C14H19N3O2S. The Labute approximate surface area is 122 Å². The molecule has 108 valence electrons. The zero-order valence-electron chi connectivity index (χ0n) is 11.9. The molecule has 2 N–H and O–H groups in total. The van der Waals surface area contributed by atoms with Gasteiger partial charge in [0, 0.05) is 18.8 Å². The number of oxazole rings is 1. The summed E-state index contributed by atoms with van der Waals surface area (Å²) in [5, 5.41) is 0.277. The Kier molecular flexibility index (Phi) is 4.54. The van der Waals surface area contributed by atoms with Crippen LogP contribution in [0, 0.1) is 0 Å². The number of fused-ring (bicyclic) bond motifs is 1. The molecule has 1 amide bonds. The number of thioether (sulfide) groups is 1. The Morgan fingerprint density at radius 1 is 1.45 bits per heavy atom. The minimum absolute atomic E-state index is 0.0989. The maximum Gasteiger partial charge on any atom is 0.257 e. The molecule has 0 fully saturated rings. The fourth-order valence-electron chi connectivity index (χ4n) is 1.97. The first-order chi connectivity index (χ1) is 9.55. The average molecular weight is 293 g/mol. The van der Waals surface area contributed by atoms with E-state index in [9.17, 15) is 4.79 Å². The Morgan fingerprint density at radius 2 is 2.15 bits per heavy atom. The molecule has 1 unspecified atom stereocenters. The van der Waals surface area contributed by atoms with Crippen LogP contribution in [0.5, 0.6) is 0 Å². The van der Waals surface area contributed by atoms with E-state index in [1.165, 1.54) is 11.8 Å². The van der Waals surface area contributed by atoms with Crippen LogP contribution in [-0.4, -0.2) is 34.1 Å². The van der Waals surface area contributed by atoms with Crippen molar-refractivity contribution < 1.29 is 9.21 Å². The molecule has 0 saturated heterocycles. The van der Waals surface area contributed by atoms with E-state index < -0.39 is 0 Å². The molecule has 0 aliphatic heterocycles. The topological polar surface area (TPSA) is 72.4 Å². The maximum atomic E-state index is 12.2. The summed E-state index contributed by atoms with van der Waals surface area (Å²) >= 11 is 1.33. The number of nitrogen functional groups attached to an aromatic ring is 1. The molecule has 6 heteroatoms. The normalized spacial score (nSPS) is 12.6. The van der Waals surface area contributed by atoms with Crippen molar-refractivity contribution in [3.05, 3.63) is 18.2 Å². The average Bonchev–Trinajstić information content (AvgIpc) is 2.81. The van der Waals surface area contributed by atoms with E-state index in [4.69, 9.17) is 10.2 Å². The van der Waals surface area contributed by atoms with Crippen LogP contribution in [0.3, 0.4) is 0 Å². The second-order valence-electron chi connectivity index (χ2n) is 4.48. The van der Waals surface area contributed by atoms with Crippen molar-refractivity contribution >= 4 is 34.5 Å². The van der Waals surface area contributed by atoms with Gasteiger partial charge in [0.1, 0.15) is 5.52 Å². The molecule has 0 spiro atoms. The predicted molar refractivity (Wildman–Crippen MR) is 81.7 cm³/mol. The molecule has 0 aliphatic carbocycles. The zero-order valence-corrected chi connectivity index (χ0v) is 12.7. The predicted octanol–water partition coefficient (Wildman–Crippen LogP) is 2.76. The van der Waals surface area contributed by atoms with Gasteiger partial charge in [-0.1, -0.05) is 11.8 Å². The third-order valence-electron chi connectivity index (χ3n) is 3.09. The molecule has 1 aromatic carbocycles. The van der Waals surface area contributed by atoms with Crippen LogP contribution in [0.2, 0.25) is 0 Å². The lowest BCUT2D eigenvalue weighted by molar-refractivity contribution is -0.129. The van der Waals surface area contributed by atoms with E-state index in [-0.39, 0.29) is 11.2 Å². The first-order valence-electron chi connectivity index (χ1n) is 6.66. The monoisotopic (exact) mass is 293 g/mol. The van der Waals surface area contributed by atoms with Crippen molar-refractivity contribution in [3.8, 4) is 0 Å². The van der Waals surface area contributed by atoms with Crippen molar-refractivity contribution in [2.24, 2.45) is 0 Å². The van der Waals surface area contributed by atoms with Crippen molar-refractivity contribution in [1.29, 1.82) is 0 Å². The summed E-state index contributed by atoms with van der Waals surface area (Å²) in [6.45, 7) is 7.24. The first-order valence-corrected chi connectivity index (χ1v) is 7.54. The second kappa shape index (κ2) is 6.17. The molecule has 1 heterocycles. The van der Waals surface area contributed by atoms with Crippen LogP contribution in [-0.2, 0) is 4.79 Å². The molecule has 1 aromatic heterocycles. The summed E-state index contributed by atoms with van der Waals surface area (Å²) in [6.07, 6.45) is 0. The number of carbonyl (C=O) groups excluding carboxylic acids is 1. The van der Waals surface area contributed by atoms with Gasteiger partial charge < -0.3 is 15.1 Å². The lowest BCUT2D eigenvalue weighted by atomic mass is 10.3. The molecule has 1 atom stereocenters. The summed E-state index contributed by atoms with van der Waals surface area (Å²) in [5.41, 5.74) is 7.76. The molecule has 0 bridgehead atoms. The maximum absolute atomic E-state index is 12.2. The van der Waals surface area contributed by atoms with Gasteiger partial charge in [-0.3, -0.25) is 4.79 Å². The van der Waals surface area contributed by atoms with Crippen molar-refractivity contribution in [2.45, 2.75) is 31.2 Å². The smallest absolute Gasteiger partial charge is 0.257 e. The third kappa shape index (κ3) is 3.07. The molecule has 0 aliphatic rings. The number of aromatic nitrogens is 1. The Balaban J connectivity index is 2.13. The first kappa shape index (κ1) is 14.7. The number of anilines is 1. The van der Waals surface area contributed by atoms with Gasteiger partial charge in [-0.15, -0.1) is 0 Å². The second-order valence-corrected chi connectivity index (χ2v) is 5.77. The van der Waals surface area contributed by atoms with Crippen molar-refractivity contribution in [3.63, 3.8) is 0 Å².